The third-order valence-corrected chi connectivity index (χ3v) is 4.63. The van der Waals surface area contributed by atoms with E-state index in [1.165, 1.54) is 18.3 Å². The quantitative estimate of drug-likeness (QED) is 0.707. The van der Waals surface area contributed by atoms with Gasteiger partial charge < -0.3 is 10.5 Å². The monoisotopic (exact) mass is 358 g/mol. The van der Waals surface area contributed by atoms with E-state index in [1.54, 1.807) is 16.9 Å². The van der Waals surface area contributed by atoms with E-state index < -0.39 is 18.0 Å². The van der Waals surface area contributed by atoms with Gasteiger partial charge in [0, 0.05) is 6.04 Å². The molecular formula is C17H18N4O3S. The van der Waals surface area contributed by atoms with E-state index in [-0.39, 0.29) is 6.04 Å². The van der Waals surface area contributed by atoms with Gasteiger partial charge in [0.1, 0.15) is 0 Å². The van der Waals surface area contributed by atoms with Crippen LogP contribution < -0.4 is 5.73 Å². The molecule has 3 aromatic rings. The number of ether oxygens (including phenoxy) is 1. The molecule has 7 nitrogen and oxygen atoms in total. The highest BCUT2D eigenvalue weighted by atomic mass is 32.1. The fourth-order valence-electron chi connectivity index (χ4n) is 2.40. The molecule has 8 heteroatoms. The van der Waals surface area contributed by atoms with Crippen LogP contribution in [0.5, 0.6) is 0 Å². The number of nitrogens with two attached hydrogens (primary N) is 1. The third kappa shape index (κ3) is 3.25. The van der Waals surface area contributed by atoms with Crippen LogP contribution in [0.1, 0.15) is 37.2 Å². The van der Waals surface area contributed by atoms with E-state index in [2.05, 4.69) is 10.1 Å². The number of amides is 1. The number of primary amides is 1. The van der Waals surface area contributed by atoms with Crippen LogP contribution in [-0.2, 0) is 9.53 Å². The Bertz CT molecular complexity index is 931. The standard InChI is InChI=1S/C17H18N4O3S/c1-9(2)21-16-12(8-19-21)11(17(23)24-10(3)15(18)22)7-13(20-16)14-5-4-6-25-14/h4-10H,1-3H3,(H2,18,22). The lowest BCUT2D eigenvalue weighted by molar-refractivity contribution is -0.125. The van der Waals surface area contributed by atoms with E-state index in [0.717, 1.165) is 4.88 Å². The first kappa shape index (κ1) is 17.1. The normalized spacial score (nSPS) is 12.5. The molecule has 2 N–H and O–H groups in total. The first-order valence-electron chi connectivity index (χ1n) is 7.81. The van der Waals surface area contributed by atoms with E-state index in [4.69, 9.17) is 10.5 Å². The SMILES string of the molecule is CC(OC(=O)c1cc(-c2cccs2)nc2c1cnn2C(C)C)C(N)=O. The van der Waals surface area contributed by atoms with Gasteiger partial charge in [-0.1, -0.05) is 6.07 Å². The summed E-state index contributed by atoms with van der Waals surface area (Å²) in [5.41, 5.74) is 6.75. The van der Waals surface area contributed by atoms with Gasteiger partial charge in [-0.25, -0.2) is 14.5 Å². The average Bonchev–Trinajstić information content (AvgIpc) is 3.22. The van der Waals surface area contributed by atoms with Gasteiger partial charge in [0.25, 0.3) is 5.91 Å². The Hall–Kier alpha value is -2.74. The van der Waals surface area contributed by atoms with Crippen LogP contribution in [0, 0.1) is 0 Å². The van der Waals surface area contributed by atoms with Crippen molar-refractivity contribution >= 4 is 34.2 Å². The van der Waals surface area contributed by atoms with Gasteiger partial charge in [0.05, 0.1) is 27.7 Å². The number of carbonyl (C=O) groups excluding carboxylic acids is 2. The molecule has 1 amide bonds. The summed E-state index contributed by atoms with van der Waals surface area (Å²) < 4.78 is 6.92. The highest BCUT2D eigenvalue weighted by molar-refractivity contribution is 7.13. The molecule has 0 spiro atoms. The summed E-state index contributed by atoms with van der Waals surface area (Å²) in [7, 11) is 0. The Balaban J connectivity index is 2.16. The van der Waals surface area contributed by atoms with Gasteiger partial charge in [-0.3, -0.25) is 4.79 Å². The minimum Gasteiger partial charge on any atom is -0.449 e. The van der Waals surface area contributed by atoms with Gasteiger partial charge >= 0.3 is 5.97 Å². The van der Waals surface area contributed by atoms with Gasteiger partial charge in [-0.05, 0) is 38.3 Å². The number of pyridine rings is 1. The van der Waals surface area contributed by atoms with Gasteiger partial charge in [-0.15, -0.1) is 11.3 Å². The van der Waals surface area contributed by atoms with Crippen LogP contribution in [0.15, 0.2) is 29.8 Å². The maximum absolute atomic E-state index is 12.6. The molecule has 3 heterocycles. The fraction of sp³-hybridized carbons (Fsp3) is 0.294. The van der Waals surface area contributed by atoms with Crippen LogP contribution in [0.4, 0.5) is 0 Å². The number of thiophene rings is 1. The van der Waals surface area contributed by atoms with Crippen LogP contribution >= 0.6 is 11.3 Å². The number of aromatic nitrogens is 3. The molecule has 0 saturated heterocycles. The van der Waals surface area contributed by atoms with Crippen molar-refractivity contribution in [3.63, 3.8) is 0 Å². The molecule has 0 aliphatic heterocycles. The van der Waals surface area contributed by atoms with Crippen molar-refractivity contribution in [2.45, 2.75) is 32.9 Å². The Morgan fingerprint density at radius 1 is 1.32 bits per heavy atom. The summed E-state index contributed by atoms with van der Waals surface area (Å²) in [5.74, 6) is -1.32. The lowest BCUT2D eigenvalue weighted by Gasteiger charge is -2.12. The smallest absolute Gasteiger partial charge is 0.339 e. The Morgan fingerprint density at radius 3 is 2.68 bits per heavy atom. The van der Waals surface area contributed by atoms with E-state index in [0.29, 0.717) is 22.3 Å². The Kier molecular flexibility index (Phi) is 4.54. The molecule has 0 radical (unpaired) electrons. The van der Waals surface area contributed by atoms with Crippen LogP contribution in [0.25, 0.3) is 21.6 Å². The molecule has 0 aromatic carbocycles. The largest absolute Gasteiger partial charge is 0.449 e. The zero-order chi connectivity index (χ0) is 18.1. The number of fused-ring (bicyclic) bond motifs is 1. The predicted molar refractivity (Wildman–Crippen MR) is 95.3 cm³/mol. The van der Waals surface area contributed by atoms with Crippen LogP contribution in [0.3, 0.4) is 0 Å². The van der Waals surface area contributed by atoms with Crippen molar-refractivity contribution in [3.8, 4) is 10.6 Å². The maximum atomic E-state index is 12.6. The predicted octanol–water partition coefficient (Wildman–Crippen LogP) is 2.77. The van der Waals surface area contributed by atoms with E-state index >= 15 is 0 Å². The minimum atomic E-state index is -1.01. The zero-order valence-corrected chi connectivity index (χ0v) is 14.9. The minimum absolute atomic E-state index is 0.0806. The fourth-order valence-corrected chi connectivity index (χ4v) is 3.08. The Morgan fingerprint density at radius 2 is 2.08 bits per heavy atom. The molecule has 0 aliphatic rings. The second-order valence-electron chi connectivity index (χ2n) is 5.90. The summed E-state index contributed by atoms with van der Waals surface area (Å²) in [6.07, 6.45) is 0.576. The van der Waals surface area contributed by atoms with Crippen molar-refractivity contribution in [2.75, 3.05) is 0 Å². The molecule has 0 aliphatic carbocycles. The van der Waals surface area contributed by atoms with Crippen molar-refractivity contribution in [3.05, 3.63) is 35.3 Å². The lowest BCUT2D eigenvalue weighted by Crippen LogP contribution is -2.30. The second kappa shape index (κ2) is 6.64. The molecule has 3 aromatic heterocycles. The lowest BCUT2D eigenvalue weighted by atomic mass is 10.1. The molecule has 1 atom stereocenters. The molecule has 0 bridgehead atoms. The zero-order valence-electron chi connectivity index (χ0n) is 14.1. The summed E-state index contributed by atoms with van der Waals surface area (Å²) in [6.45, 7) is 5.41. The first-order chi connectivity index (χ1) is 11.9. The van der Waals surface area contributed by atoms with Gasteiger partial charge in [-0.2, -0.15) is 5.10 Å². The highest BCUT2D eigenvalue weighted by Crippen LogP contribution is 2.29. The Labute approximate surface area is 148 Å². The summed E-state index contributed by atoms with van der Waals surface area (Å²) in [4.78, 5) is 29.4. The van der Waals surface area contributed by atoms with Crippen LogP contribution in [-0.4, -0.2) is 32.7 Å². The topological polar surface area (TPSA) is 100 Å². The maximum Gasteiger partial charge on any atom is 0.339 e. The summed E-state index contributed by atoms with van der Waals surface area (Å²) in [5, 5.41) is 6.85. The molecule has 25 heavy (non-hydrogen) atoms. The van der Waals surface area contributed by atoms with Crippen molar-refractivity contribution in [1.29, 1.82) is 0 Å². The molecule has 0 fully saturated rings. The van der Waals surface area contributed by atoms with E-state index in [1.807, 2.05) is 31.4 Å². The van der Waals surface area contributed by atoms with Gasteiger partial charge in [0.15, 0.2) is 11.8 Å². The second-order valence-corrected chi connectivity index (χ2v) is 6.85. The third-order valence-electron chi connectivity index (χ3n) is 3.73. The van der Waals surface area contributed by atoms with Crippen LogP contribution in [0.2, 0.25) is 0 Å². The molecule has 0 saturated carbocycles. The first-order valence-corrected chi connectivity index (χ1v) is 8.69. The summed E-state index contributed by atoms with van der Waals surface area (Å²) >= 11 is 1.52. The number of esters is 1. The number of hydrogen-bond donors (Lipinski definition) is 1. The number of carbonyl (C=O) groups is 2. The number of nitrogens with zero attached hydrogens (tertiary/aromatic N) is 3. The molecule has 1 unspecified atom stereocenters. The molecule has 3 rings (SSSR count). The van der Waals surface area contributed by atoms with Crippen molar-refractivity contribution in [2.24, 2.45) is 5.73 Å². The van der Waals surface area contributed by atoms with Crippen molar-refractivity contribution in [1.82, 2.24) is 14.8 Å². The summed E-state index contributed by atoms with van der Waals surface area (Å²) in [6, 6.07) is 5.59. The molecular weight excluding hydrogens is 340 g/mol. The number of hydrogen-bond acceptors (Lipinski definition) is 6. The molecule has 130 valence electrons. The van der Waals surface area contributed by atoms with Crippen molar-refractivity contribution < 1.29 is 14.3 Å². The average molecular weight is 358 g/mol. The number of rotatable bonds is 5. The van der Waals surface area contributed by atoms with Gasteiger partial charge in [0.2, 0.25) is 0 Å². The highest BCUT2D eigenvalue weighted by Gasteiger charge is 2.22. The van der Waals surface area contributed by atoms with E-state index in [9.17, 15) is 9.59 Å².